The van der Waals surface area contributed by atoms with Gasteiger partial charge in [-0.15, -0.1) is 0 Å². The SMILES string of the molecule is CC(=O)OCC1OC(Oc2cc(-c3oc4cc(=O)cc(O)c-4cc3O)cc(O)c2O)C(OC(=O)c2cc(O)c(O)c(O)c2)C(O)C1O. The van der Waals surface area contributed by atoms with Gasteiger partial charge in [-0.1, -0.05) is 0 Å². The second-order valence-electron chi connectivity index (χ2n) is 10.3. The number of esters is 2. The van der Waals surface area contributed by atoms with Crippen molar-refractivity contribution in [2.24, 2.45) is 0 Å². The highest BCUT2D eigenvalue weighted by atomic mass is 16.7. The molecule has 1 aliphatic carbocycles. The number of carbonyl (C=O) groups is 2. The molecule has 0 saturated carbocycles. The molecule has 1 fully saturated rings. The van der Waals surface area contributed by atoms with Crippen molar-refractivity contribution in [2.45, 2.75) is 37.6 Å². The van der Waals surface area contributed by atoms with Gasteiger partial charge in [0.25, 0.3) is 0 Å². The minimum absolute atomic E-state index is 0.0211. The molecule has 17 heteroatoms. The third-order valence-corrected chi connectivity index (χ3v) is 7.02. The number of hydrogen-bond donors (Lipinski definition) is 9. The van der Waals surface area contributed by atoms with Crippen molar-refractivity contribution in [3.8, 4) is 68.6 Å². The summed E-state index contributed by atoms with van der Waals surface area (Å²) in [4.78, 5) is 36.2. The van der Waals surface area contributed by atoms with Crippen molar-refractivity contribution in [1.82, 2.24) is 0 Å². The Labute approximate surface area is 262 Å². The molecule has 248 valence electrons. The van der Waals surface area contributed by atoms with Crippen LogP contribution in [0.5, 0.6) is 46.0 Å². The Morgan fingerprint density at radius 2 is 1.45 bits per heavy atom. The van der Waals surface area contributed by atoms with Crippen molar-refractivity contribution in [3.63, 3.8) is 0 Å². The maximum absolute atomic E-state index is 13.0. The average molecular weight is 659 g/mol. The Bertz CT molecular complexity index is 1860. The zero-order chi connectivity index (χ0) is 34.3. The number of phenolic OH excluding ortho intramolecular Hbond substituents is 6. The molecule has 5 unspecified atom stereocenters. The summed E-state index contributed by atoms with van der Waals surface area (Å²) in [6, 6.07) is 6.40. The molecule has 17 nitrogen and oxygen atoms in total. The van der Waals surface area contributed by atoms with E-state index in [4.69, 9.17) is 23.4 Å². The topological polar surface area (TPSA) is 283 Å². The first-order valence-corrected chi connectivity index (χ1v) is 13.5. The Morgan fingerprint density at radius 1 is 0.787 bits per heavy atom. The normalized spacial score (nSPS) is 20.9. The Morgan fingerprint density at radius 3 is 2.11 bits per heavy atom. The number of phenols is 6. The van der Waals surface area contributed by atoms with Gasteiger partial charge in [-0.2, -0.15) is 0 Å². The Kier molecular flexibility index (Phi) is 8.62. The van der Waals surface area contributed by atoms with Gasteiger partial charge in [0.2, 0.25) is 12.0 Å². The summed E-state index contributed by atoms with van der Waals surface area (Å²) in [7, 11) is 0. The van der Waals surface area contributed by atoms with Gasteiger partial charge in [-0.05, 0) is 30.3 Å². The lowest BCUT2D eigenvalue weighted by Gasteiger charge is -2.41. The molecule has 1 saturated heterocycles. The van der Waals surface area contributed by atoms with Crippen LogP contribution in [-0.4, -0.2) is 95.2 Å². The van der Waals surface area contributed by atoms with E-state index < -0.39 is 106 Å². The molecular formula is C30H26O17. The zero-order valence-electron chi connectivity index (χ0n) is 23.9. The fourth-order valence-corrected chi connectivity index (χ4v) is 4.70. The van der Waals surface area contributed by atoms with Crippen LogP contribution in [0.25, 0.3) is 22.6 Å². The number of hydrogen-bond acceptors (Lipinski definition) is 17. The fraction of sp³-hybridized carbons (Fsp3) is 0.233. The molecule has 0 aromatic heterocycles. The summed E-state index contributed by atoms with van der Waals surface area (Å²) in [5.74, 6) is -8.81. The summed E-state index contributed by atoms with van der Waals surface area (Å²) in [6.45, 7) is 0.439. The zero-order valence-corrected chi connectivity index (χ0v) is 23.9. The van der Waals surface area contributed by atoms with Crippen molar-refractivity contribution in [2.75, 3.05) is 6.61 Å². The van der Waals surface area contributed by atoms with Crippen molar-refractivity contribution in [3.05, 3.63) is 58.3 Å². The predicted octanol–water partition coefficient (Wildman–Crippen LogP) is 0.965. The molecule has 2 aromatic rings. The van der Waals surface area contributed by atoms with Crippen molar-refractivity contribution in [1.29, 1.82) is 0 Å². The molecule has 2 aromatic carbocycles. The number of benzene rings is 3. The summed E-state index contributed by atoms with van der Waals surface area (Å²) in [5.41, 5.74) is -1.33. The monoisotopic (exact) mass is 658 g/mol. The number of aliphatic hydroxyl groups is 2. The van der Waals surface area contributed by atoms with Gasteiger partial charge in [-0.3, -0.25) is 9.59 Å². The lowest BCUT2D eigenvalue weighted by molar-refractivity contribution is -0.277. The van der Waals surface area contributed by atoms with Crippen molar-refractivity contribution >= 4 is 11.9 Å². The van der Waals surface area contributed by atoms with E-state index in [-0.39, 0.29) is 22.6 Å². The second kappa shape index (κ2) is 12.5. The van der Waals surface area contributed by atoms with E-state index in [1.165, 1.54) is 0 Å². The van der Waals surface area contributed by atoms with Gasteiger partial charge in [0.05, 0.1) is 11.1 Å². The molecule has 0 radical (unpaired) electrons. The number of carbonyl (C=O) groups excluding carboxylic acids is 2. The third-order valence-electron chi connectivity index (χ3n) is 7.02. The van der Waals surface area contributed by atoms with Crippen LogP contribution in [0.15, 0.2) is 51.7 Å². The standard InChI is InChI=1S/C30H26O17/c1-10(31)43-9-22-25(40)26(41)28(47-29(42)12-3-16(34)23(38)17(35)4-12)30(46-22)45-21-5-11(2-18(36)24(21)39)27-19(37)8-14-15(33)6-13(32)7-20(14)44-27/h2-8,22,25-26,28,30,33-41H,9H2,1H3. The number of fused-ring (bicyclic) bond motifs is 1. The maximum atomic E-state index is 13.0. The van der Waals surface area contributed by atoms with Crippen LogP contribution in [0.1, 0.15) is 17.3 Å². The summed E-state index contributed by atoms with van der Waals surface area (Å²) in [5, 5.41) is 92.6. The molecular weight excluding hydrogens is 632 g/mol. The first kappa shape index (κ1) is 32.5. The molecule has 2 heterocycles. The molecule has 47 heavy (non-hydrogen) atoms. The van der Waals surface area contributed by atoms with E-state index in [0.717, 1.165) is 49.4 Å². The third kappa shape index (κ3) is 6.43. The van der Waals surface area contributed by atoms with Crippen molar-refractivity contribution < 1.29 is 78.9 Å². The fourth-order valence-electron chi connectivity index (χ4n) is 4.70. The molecule has 5 atom stereocenters. The summed E-state index contributed by atoms with van der Waals surface area (Å²) < 4.78 is 27.1. The minimum atomic E-state index is -2.02. The van der Waals surface area contributed by atoms with E-state index in [1.54, 1.807) is 0 Å². The maximum Gasteiger partial charge on any atom is 0.339 e. The van der Waals surface area contributed by atoms with Gasteiger partial charge in [0.15, 0.2) is 51.8 Å². The van der Waals surface area contributed by atoms with E-state index in [0.29, 0.717) is 0 Å². The second-order valence-corrected chi connectivity index (χ2v) is 10.3. The number of ether oxygens (including phenoxy) is 4. The molecule has 2 aliphatic heterocycles. The number of rotatable bonds is 7. The van der Waals surface area contributed by atoms with Crippen LogP contribution in [0.3, 0.4) is 0 Å². The molecule has 0 spiro atoms. The molecule has 0 amide bonds. The van der Waals surface area contributed by atoms with E-state index in [2.05, 4.69) is 0 Å². The minimum Gasteiger partial charge on any atom is -0.507 e. The van der Waals surface area contributed by atoms with E-state index in [1.807, 2.05) is 0 Å². The lowest BCUT2D eigenvalue weighted by atomic mass is 9.98. The van der Waals surface area contributed by atoms with Gasteiger partial charge in [0.1, 0.15) is 36.4 Å². The van der Waals surface area contributed by atoms with Crippen LogP contribution in [0.2, 0.25) is 0 Å². The quantitative estimate of drug-likeness (QED) is 0.0987. The lowest BCUT2D eigenvalue weighted by Crippen LogP contribution is -2.61. The van der Waals surface area contributed by atoms with Crippen LogP contribution in [-0.2, 0) is 19.0 Å². The van der Waals surface area contributed by atoms with E-state index >= 15 is 0 Å². The van der Waals surface area contributed by atoms with Gasteiger partial charge >= 0.3 is 11.9 Å². The van der Waals surface area contributed by atoms with Crippen LogP contribution in [0.4, 0.5) is 0 Å². The highest BCUT2D eigenvalue weighted by molar-refractivity contribution is 5.91. The van der Waals surface area contributed by atoms with E-state index in [9.17, 15) is 60.3 Å². The van der Waals surface area contributed by atoms with Gasteiger partial charge in [-0.25, -0.2) is 4.79 Å². The molecule has 0 bridgehead atoms. The smallest absolute Gasteiger partial charge is 0.339 e. The average Bonchev–Trinajstić information content (AvgIpc) is 3.00. The first-order valence-electron chi connectivity index (χ1n) is 13.5. The largest absolute Gasteiger partial charge is 0.507 e. The predicted molar refractivity (Wildman–Crippen MR) is 152 cm³/mol. The van der Waals surface area contributed by atoms with Crippen LogP contribution < -0.4 is 10.2 Å². The highest BCUT2D eigenvalue weighted by Gasteiger charge is 2.49. The molecule has 5 rings (SSSR count). The summed E-state index contributed by atoms with van der Waals surface area (Å²) >= 11 is 0. The first-order chi connectivity index (χ1) is 22.1. The Hall–Kier alpha value is -5.91. The molecule has 3 aliphatic rings. The van der Waals surface area contributed by atoms with Crippen LogP contribution in [0, 0.1) is 0 Å². The van der Waals surface area contributed by atoms with Gasteiger partial charge < -0.3 is 69.3 Å². The van der Waals surface area contributed by atoms with Crippen LogP contribution >= 0.6 is 0 Å². The Balaban J connectivity index is 1.53. The number of aliphatic hydroxyl groups excluding tert-OH is 2. The summed E-state index contributed by atoms with van der Waals surface area (Å²) in [6.07, 6.45) is -9.28. The highest BCUT2D eigenvalue weighted by Crippen LogP contribution is 2.46. The number of aromatic hydroxyl groups is 7. The van der Waals surface area contributed by atoms with Gasteiger partial charge in [0, 0.05) is 24.6 Å². The molecule has 9 N–H and O–H groups in total.